The molecule has 208 valence electrons. The number of hydrogen-bond acceptors (Lipinski definition) is 6. The van der Waals surface area contributed by atoms with Gasteiger partial charge in [-0.25, -0.2) is 4.79 Å². The molecular formula is C28H45N3O6. The summed E-state index contributed by atoms with van der Waals surface area (Å²) in [6.45, 7) is 16.7. The van der Waals surface area contributed by atoms with Gasteiger partial charge < -0.3 is 25.0 Å². The van der Waals surface area contributed by atoms with E-state index < -0.39 is 35.7 Å². The lowest BCUT2D eigenvalue weighted by Gasteiger charge is -2.38. The van der Waals surface area contributed by atoms with Crippen LogP contribution in [0.1, 0.15) is 85.4 Å². The third-order valence-electron chi connectivity index (χ3n) is 5.82. The van der Waals surface area contributed by atoms with Crippen molar-refractivity contribution in [1.29, 1.82) is 0 Å². The Balaban J connectivity index is 3.38. The largest absolute Gasteiger partial charge is 0.466 e. The van der Waals surface area contributed by atoms with Crippen molar-refractivity contribution in [2.75, 3.05) is 13.2 Å². The standard InChI is InChI=1S/C28H45N3O6/c1-10-20(6)23(30-27(35)37-28(7,8)9)26(34)31(18(3)4)24(21-14-12-19(5)13-15-21)25(33)29-17-16-22(32)36-11-2/h12-15,18,20,23-24H,10-11,16-17H2,1-9H3,(H,29,33)(H,30,35). The number of nitrogens with zero attached hydrogens (tertiary/aromatic N) is 1. The number of benzene rings is 1. The highest BCUT2D eigenvalue weighted by atomic mass is 16.6. The summed E-state index contributed by atoms with van der Waals surface area (Å²) in [6.07, 6.45) is -0.0504. The summed E-state index contributed by atoms with van der Waals surface area (Å²) < 4.78 is 10.4. The van der Waals surface area contributed by atoms with Crippen LogP contribution in [-0.2, 0) is 23.9 Å². The van der Waals surface area contributed by atoms with Crippen LogP contribution in [0.15, 0.2) is 24.3 Å². The Morgan fingerprint density at radius 3 is 2.08 bits per heavy atom. The first kappa shape index (κ1) is 31.9. The lowest BCUT2D eigenvalue weighted by molar-refractivity contribution is -0.146. The van der Waals surface area contributed by atoms with Crippen LogP contribution in [0.2, 0.25) is 0 Å². The van der Waals surface area contributed by atoms with Crippen molar-refractivity contribution >= 4 is 23.9 Å². The summed E-state index contributed by atoms with van der Waals surface area (Å²) in [5, 5.41) is 5.52. The molecule has 0 aromatic heterocycles. The van der Waals surface area contributed by atoms with E-state index in [-0.39, 0.29) is 37.4 Å². The molecule has 3 unspecified atom stereocenters. The van der Waals surface area contributed by atoms with E-state index in [9.17, 15) is 19.2 Å². The molecule has 3 amide bonds. The second-order valence-corrected chi connectivity index (χ2v) is 10.5. The van der Waals surface area contributed by atoms with Crippen LogP contribution >= 0.6 is 0 Å². The van der Waals surface area contributed by atoms with Crippen molar-refractivity contribution in [1.82, 2.24) is 15.5 Å². The summed E-state index contributed by atoms with van der Waals surface area (Å²) in [5.74, 6) is -1.44. The molecule has 0 aliphatic carbocycles. The molecule has 1 aromatic rings. The number of carbonyl (C=O) groups excluding carboxylic acids is 4. The van der Waals surface area contributed by atoms with Crippen LogP contribution in [0, 0.1) is 12.8 Å². The predicted octanol–water partition coefficient (Wildman–Crippen LogP) is 4.28. The molecule has 1 rings (SSSR count). The third kappa shape index (κ3) is 10.4. The van der Waals surface area contributed by atoms with Crippen molar-refractivity contribution in [2.45, 2.75) is 98.9 Å². The van der Waals surface area contributed by atoms with Gasteiger partial charge in [-0.2, -0.15) is 0 Å². The van der Waals surface area contributed by atoms with Crippen molar-refractivity contribution in [2.24, 2.45) is 5.92 Å². The zero-order chi connectivity index (χ0) is 28.3. The summed E-state index contributed by atoms with van der Waals surface area (Å²) >= 11 is 0. The molecule has 0 saturated carbocycles. The topological polar surface area (TPSA) is 114 Å². The normalized spacial score (nSPS) is 13.8. The van der Waals surface area contributed by atoms with Gasteiger partial charge in [0.15, 0.2) is 0 Å². The number of amides is 3. The molecule has 0 aliphatic rings. The Labute approximate surface area is 221 Å². The average molecular weight is 520 g/mol. The van der Waals surface area contributed by atoms with Gasteiger partial charge in [0, 0.05) is 12.6 Å². The van der Waals surface area contributed by atoms with E-state index in [2.05, 4.69) is 10.6 Å². The molecule has 0 fully saturated rings. The molecule has 37 heavy (non-hydrogen) atoms. The van der Waals surface area contributed by atoms with Gasteiger partial charge in [-0.05, 0) is 59.9 Å². The van der Waals surface area contributed by atoms with Gasteiger partial charge >= 0.3 is 12.1 Å². The average Bonchev–Trinajstić information content (AvgIpc) is 2.79. The third-order valence-corrected chi connectivity index (χ3v) is 5.82. The fraction of sp³-hybridized carbons (Fsp3) is 0.643. The molecule has 0 heterocycles. The van der Waals surface area contributed by atoms with Gasteiger partial charge in [0.1, 0.15) is 17.7 Å². The van der Waals surface area contributed by atoms with E-state index in [1.165, 1.54) is 4.90 Å². The maximum atomic E-state index is 14.0. The van der Waals surface area contributed by atoms with Crippen LogP contribution < -0.4 is 10.6 Å². The first-order chi connectivity index (χ1) is 17.2. The van der Waals surface area contributed by atoms with Gasteiger partial charge in [-0.15, -0.1) is 0 Å². The van der Waals surface area contributed by atoms with Gasteiger partial charge in [-0.1, -0.05) is 50.1 Å². The molecular weight excluding hydrogens is 474 g/mol. The summed E-state index contributed by atoms with van der Waals surface area (Å²) in [7, 11) is 0. The second kappa shape index (κ2) is 14.6. The molecule has 0 bridgehead atoms. The van der Waals surface area contributed by atoms with Gasteiger partial charge in [-0.3, -0.25) is 14.4 Å². The smallest absolute Gasteiger partial charge is 0.408 e. The molecule has 0 aliphatic heterocycles. The molecule has 2 N–H and O–H groups in total. The van der Waals surface area contributed by atoms with Gasteiger partial charge in [0.25, 0.3) is 0 Å². The van der Waals surface area contributed by atoms with E-state index >= 15 is 0 Å². The molecule has 9 nitrogen and oxygen atoms in total. The minimum Gasteiger partial charge on any atom is -0.466 e. The highest BCUT2D eigenvalue weighted by Gasteiger charge is 2.39. The Morgan fingerprint density at radius 1 is 1.00 bits per heavy atom. The lowest BCUT2D eigenvalue weighted by Crippen LogP contribution is -2.57. The molecule has 0 saturated heterocycles. The summed E-state index contributed by atoms with van der Waals surface area (Å²) in [4.78, 5) is 53.5. The van der Waals surface area contributed by atoms with Crippen molar-refractivity contribution in [3.63, 3.8) is 0 Å². The fourth-order valence-electron chi connectivity index (χ4n) is 3.76. The van der Waals surface area contributed by atoms with Crippen LogP contribution in [0.5, 0.6) is 0 Å². The first-order valence-electron chi connectivity index (χ1n) is 13.0. The predicted molar refractivity (Wildman–Crippen MR) is 143 cm³/mol. The number of alkyl carbamates (subject to hydrolysis) is 1. The number of nitrogens with one attached hydrogen (secondary N) is 2. The molecule has 3 atom stereocenters. The number of hydrogen-bond donors (Lipinski definition) is 2. The number of carbonyl (C=O) groups is 4. The van der Waals surface area contributed by atoms with E-state index in [1.807, 2.05) is 58.9 Å². The van der Waals surface area contributed by atoms with Crippen molar-refractivity contribution < 1.29 is 28.7 Å². The SMILES string of the molecule is CCOC(=O)CCNC(=O)C(c1ccc(C)cc1)N(C(=O)C(NC(=O)OC(C)(C)C)C(C)CC)C(C)C. The summed E-state index contributed by atoms with van der Waals surface area (Å²) in [6, 6.07) is 5.14. The number of rotatable bonds is 12. The minimum atomic E-state index is -0.970. The quantitative estimate of drug-likeness (QED) is 0.399. The highest BCUT2D eigenvalue weighted by Crippen LogP contribution is 2.27. The molecule has 9 heteroatoms. The van der Waals surface area contributed by atoms with Crippen LogP contribution in [0.4, 0.5) is 4.79 Å². The molecule has 0 spiro atoms. The molecule has 1 aromatic carbocycles. The Bertz CT molecular complexity index is 907. The Morgan fingerprint density at radius 2 is 1.59 bits per heavy atom. The number of ether oxygens (including phenoxy) is 2. The van der Waals surface area contributed by atoms with E-state index in [0.717, 1.165) is 5.56 Å². The second-order valence-electron chi connectivity index (χ2n) is 10.5. The van der Waals surface area contributed by atoms with Crippen LogP contribution in [0.25, 0.3) is 0 Å². The highest BCUT2D eigenvalue weighted by molar-refractivity contribution is 5.92. The number of esters is 1. The summed E-state index contributed by atoms with van der Waals surface area (Å²) in [5.41, 5.74) is 0.909. The van der Waals surface area contributed by atoms with Crippen LogP contribution in [-0.4, -0.2) is 59.6 Å². The van der Waals surface area contributed by atoms with Crippen LogP contribution in [0.3, 0.4) is 0 Å². The lowest BCUT2D eigenvalue weighted by atomic mass is 9.94. The zero-order valence-corrected chi connectivity index (χ0v) is 23.8. The van der Waals surface area contributed by atoms with Crippen molar-refractivity contribution in [3.8, 4) is 0 Å². The van der Waals surface area contributed by atoms with Gasteiger partial charge in [0.2, 0.25) is 11.8 Å². The first-order valence-corrected chi connectivity index (χ1v) is 13.0. The Hall–Kier alpha value is -3.10. The minimum absolute atomic E-state index is 0.0194. The van der Waals surface area contributed by atoms with Crippen molar-refractivity contribution in [3.05, 3.63) is 35.4 Å². The maximum absolute atomic E-state index is 14.0. The fourth-order valence-corrected chi connectivity index (χ4v) is 3.76. The van der Waals surface area contributed by atoms with E-state index in [1.54, 1.807) is 27.7 Å². The van der Waals surface area contributed by atoms with Gasteiger partial charge in [0.05, 0.1) is 13.0 Å². The zero-order valence-electron chi connectivity index (χ0n) is 23.8. The number of aryl methyl sites for hydroxylation is 1. The Kier molecular flexibility index (Phi) is 12.6. The maximum Gasteiger partial charge on any atom is 0.408 e. The van der Waals surface area contributed by atoms with E-state index in [0.29, 0.717) is 12.0 Å². The molecule has 0 radical (unpaired) electrons. The van der Waals surface area contributed by atoms with E-state index in [4.69, 9.17) is 9.47 Å². The monoisotopic (exact) mass is 519 g/mol.